The Hall–Kier alpha value is -2.23. The van der Waals surface area contributed by atoms with Gasteiger partial charge in [0.25, 0.3) is 0 Å². The molecule has 0 spiro atoms. The van der Waals surface area contributed by atoms with Crippen molar-refractivity contribution in [3.05, 3.63) is 42.2 Å². The molecule has 92 valence electrons. The van der Waals surface area contributed by atoms with Gasteiger partial charge in [0.15, 0.2) is 0 Å². The quantitative estimate of drug-likeness (QED) is 0.899. The maximum absolute atomic E-state index is 11.3. The molecule has 0 aliphatic heterocycles. The lowest BCUT2D eigenvalue weighted by molar-refractivity contribution is -0.115. The van der Waals surface area contributed by atoms with Crippen LogP contribution in [-0.2, 0) is 4.79 Å². The first-order chi connectivity index (χ1) is 8.70. The molecule has 1 N–H and O–H groups in total. The fourth-order valence-corrected chi connectivity index (χ4v) is 1.60. The molecular weight excluding hydrogens is 226 g/mol. The molecule has 0 fully saturated rings. The molecule has 2 rings (SSSR count). The third-order valence-electron chi connectivity index (χ3n) is 2.62. The van der Waals surface area contributed by atoms with Crippen LogP contribution in [0.3, 0.4) is 0 Å². The Balaban J connectivity index is 2.28. The third kappa shape index (κ3) is 2.71. The van der Waals surface area contributed by atoms with E-state index in [-0.39, 0.29) is 5.91 Å². The van der Waals surface area contributed by atoms with E-state index < -0.39 is 0 Å². The number of carbonyl (C=O) groups is 1. The molecule has 2 heterocycles. The van der Waals surface area contributed by atoms with Crippen LogP contribution in [0.15, 0.2) is 36.7 Å². The van der Waals surface area contributed by atoms with E-state index in [1.807, 2.05) is 38.1 Å². The fourth-order valence-electron chi connectivity index (χ4n) is 1.60. The van der Waals surface area contributed by atoms with Crippen LogP contribution in [0.4, 0.5) is 5.82 Å². The number of pyridine rings is 2. The summed E-state index contributed by atoms with van der Waals surface area (Å²) in [6.07, 6.45) is 3.92. The third-order valence-corrected chi connectivity index (χ3v) is 2.62. The van der Waals surface area contributed by atoms with Gasteiger partial charge in [0.2, 0.25) is 5.91 Å². The Kier molecular flexibility index (Phi) is 3.67. The predicted molar refractivity (Wildman–Crippen MR) is 71.1 cm³/mol. The van der Waals surface area contributed by atoms with Crippen LogP contribution >= 0.6 is 0 Å². The van der Waals surface area contributed by atoms with Gasteiger partial charge in [0.05, 0.1) is 5.69 Å². The van der Waals surface area contributed by atoms with E-state index in [1.165, 1.54) is 0 Å². The first-order valence-corrected chi connectivity index (χ1v) is 5.88. The number of aryl methyl sites for hydroxylation is 1. The molecule has 2 aromatic rings. The highest BCUT2D eigenvalue weighted by molar-refractivity contribution is 5.90. The van der Waals surface area contributed by atoms with Gasteiger partial charge < -0.3 is 5.32 Å². The summed E-state index contributed by atoms with van der Waals surface area (Å²) in [7, 11) is 0. The van der Waals surface area contributed by atoms with Crippen molar-refractivity contribution < 1.29 is 4.79 Å². The summed E-state index contributed by atoms with van der Waals surface area (Å²) in [4.78, 5) is 19.9. The molecule has 4 nitrogen and oxygen atoms in total. The van der Waals surface area contributed by atoms with Gasteiger partial charge in [-0.2, -0.15) is 0 Å². The van der Waals surface area contributed by atoms with Crippen LogP contribution in [-0.4, -0.2) is 15.9 Å². The van der Waals surface area contributed by atoms with Gasteiger partial charge in [-0.25, -0.2) is 4.98 Å². The smallest absolute Gasteiger partial charge is 0.225 e. The zero-order valence-electron chi connectivity index (χ0n) is 10.5. The maximum Gasteiger partial charge on any atom is 0.225 e. The minimum absolute atomic E-state index is 0.0313. The number of hydrogen-bond acceptors (Lipinski definition) is 3. The van der Waals surface area contributed by atoms with Crippen molar-refractivity contribution in [1.29, 1.82) is 0 Å². The molecule has 0 aliphatic carbocycles. The Morgan fingerprint density at radius 2 is 2.17 bits per heavy atom. The van der Waals surface area contributed by atoms with Crippen molar-refractivity contribution >= 4 is 11.7 Å². The first kappa shape index (κ1) is 12.2. The number of nitrogens with zero attached hydrogens (tertiary/aromatic N) is 2. The topological polar surface area (TPSA) is 54.9 Å². The number of hydrogen-bond donors (Lipinski definition) is 1. The monoisotopic (exact) mass is 241 g/mol. The molecule has 4 heteroatoms. The molecule has 0 saturated heterocycles. The average Bonchev–Trinajstić information content (AvgIpc) is 2.42. The Bertz CT molecular complexity index is 552. The van der Waals surface area contributed by atoms with E-state index in [0.29, 0.717) is 12.2 Å². The molecule has 0 atom stereocenters. The second-order valence-corrected chi connectivity index (χ2v) is 4.01. The normalized spacial score (nSPS) is 10.1. The Morgan fingerprint density at radius 1 is 1.33 bits per heavy atom. The molecule has 0 aliphatic rings. The zero-order valence-corrected chi connectivity index (χ0v) is 10.5. The van der Waals surface area contributed by atoms with Crippen molar-refractivity contribution in [2.45, 2.75) is 20.3 Å². The Morgan fingerprint density at radius 3 is 2.78 bits per heavy atom. The van der Waals surface area contributed by atoms with E-state index in [0.717, 1.165) is 16.8 Å². The molecule has 0 aromatic carbocycles. The summed E-state index contributed by atoms with van der Waals surface area (Å²) >= 11 is 0. The minimum atomic E-state index is -0.0313. The van der Waals surface area contributed by atoms with Crippen molar-refractivity contribution in [1.82, 2.24) is 9.97 Å². The summed E-state index contributed by atoms with van der Waals surface area (Å²) in [6, 6.07) is 7.71. The molecule has 18 heavy (non-hydrogen) atoms. The van der Waals surface area contributed by atoms with E-state index in [9.17, 15) is 4.79 Å². The number of amides is 1. The van der Waals surface area contributed by atoms with Crippen LogP contribution in [0.2, 0.25) is 0 Å². The number of rotatable bonds is 3. The molecule has 0 unspecified atom stereocenters. The molecule has 0 bridgehead atoms. The number of anilines is 1. The molecule has 0 radical (unpaired) electrons. The number of aromatic nitrogens is 2. The summed E-state index contributed by atoms with van der Waals surface area (Å²) in [6.45, 7) is 3.73. The van der Waals surface area contributed by atoms with Gasteiger partial charge in [-0.05, 0) is 30.7 Å². The van der Waals surface area contributed by atoms with E-state index in [4.69, 9.17) is 0 Å². The van der Waals surface area contributed by atoms with E-state index in [2.05, 4.69) is 15.3 Å². The highest BCUT2D eigenvalue weighted by Gasteiger charge is 2.06. The highest BCUT2D eigenvalue weighted by Crippen LogP contribution is 2.20. The second-order valence-electron chi connectivity index (χ2n) is 4.01. The van der Waals surface area contributed by atoms with Gasteiger partial charge in [0, 0.05) is 24.4 Å². The van der Waals surface area contributed by atoms with E-state index >= 15 is 0 Å². The van der Waals surface area contributed by atoms with Crippen molar-refractivity contribution in [3.63, 3.8) is 0 Å². The van der Waals surface area contributed by atoms with Gasteiger partial charge in [-0.15, -0.1) is 0 Å². The summed E-state index contributed by atoms with van der Waals surface area (Å²) < 4.78 is 0. The predicted octanol–water partition coefficient (Wildman–Crippen LogP) is 2.80. The van der Waals surface area contributed by atoms with E-state index in [1.54, 1.807) is 12.4 Å². The van der Waals surface area contributed by atoms with Crippen LogP contribution in [0.1, 0.15) is 18.9 Å². The van der Waals surface area contributed by atoms with Gasteiger partial charge in [0.1, 0.15) is 5.82 Å². The zero-order chi connectivity index (χ0) is 13.0. The first-order valence-electron chi connectivity index (χ1n) is 5.88. The molecular formula is C14H15N3O. The van der Waals surface area contributed by atoms with Crippen molar-refractivity contribution in [2.75, 3.05) is 5.32 Å². The largest absolute Gasteiger partial charge is 0.310 e. The summed E-state index contributed by atoms with van der Waals surface area (Å²) in [5.41, 5.74) is 2.75. The fraction of sp³-hybridized carbons (Fsp3) is 0.214. The number of nitrogens with one attached hydrogen (secondary N) is 1. The summed E-state index contributed by atoms with van der Waals surface area (Å²) in [5.74, 6) is 0.581. The van der Waals surface area contributed by atoms with Gasteiger partial charge >= 0.3 is 0 Å². The van der Waals surface area contributed by atoms with Crippen LogP contribution in [0.5, 0.6) is 0 Å². The lowest BCUT2D eigenvalue weighted by Crippen LogP contribution is -2.11. The Labute approximate surface area is 106 Å². The standard InChI is InChI=1S/C14H15N3O/c1-3-13(18)17-14-10(2)8-11(9-16-14)12-6-4-5-7-15-12/h4-9H,3H2,1-2H3,(H,16,17,18). The van der Waals surface area contributed by atoms with Crippen molar-refractivity contribution in [2.24, 2.45) is 0 Å². The second kappa shape index (κ2) is 5.40. The average molecular weight is 241 g/mol. The van der Waals surface area contributed by atoms with Crippen LogP contribution < -0.4 is 5.32 Å². The molecule has 2 aromatic heterocycles. The lowest BCUT2D eigenvalue weighted by Gasteiger charge is -2.08. The molecule has 1 amide bonds. The minimum Gasteiger partial charge on any atom is -0.310 e. The number of carbonyl (C=O) groups excluding carboxylic acids is 1. The van der Waals surface area contributed by atoms with Crippen LogP contribution in [0, 0.1) is 6.92 Å². The highest BCUT2D eigenvalue weighted by atomic mass is 16.1. The van der Waals surface area contributed by atoms with Gasteiger partial charge in [-0.3, -0.25) is 9.78 Å². The molecule has 0 saturated carbocycles. The SMILES string of the molecule is CCC(=O)Nc1ncc(-c2ccccn2)cc1C. The van der Waals surface area contributed by atoms with Gasteiger partial charge in [-0.1, -0.05) is 13.0 Å². The van der Waals surface area contributed by atoms with Crippen LogP contribution in [0.25, 0.3) is 11.3 Å². The maximum atomic E-state index is 11.3. The van der Waals surface area contributed by atoms with Crippen molar-refractivity contribution in [3.8, 4) is 11.3 Å². The lowest BCUT2D eigenvalue weighted by atomic mass is 10.1. The summed E-state index contributed by atoms with van der Waals surface area (Å²) in [5, 5.41) is 2.77.